The van der Waals surface area contributed by atoms with Crippen LogP contribution in [-0.2, 0) is 14.3 Å². The first kappa shape index (κ1) is 16.8. The summed E-state index contributed by atoms with van der Waals surface area (Å²) < 4.78 is 11.0. The number of anilines is 1. The molecular weight excluding hydrogens is 282 g/mol. The number of ether oxygens (including phenoxy) is 2. The maximum Gasteiger partial charge on any atom is 0.439 e. The van der Waals surface area contributed by atoms with Crippen LogP contribution in [0.15, 0.2) is 24.3 Å². The normalized spacial score (nSPS) is 18.8. The molecule has 1 unspecified atom stereocenters. The van der Waals surface area contributed by atoms with E-state index in [1.807, 2.05) is 52.0 Å². The zero-order valence-electron chi connectivity index (χ0n) is 13.8. The summed E-state index contributed by atoms with van der Waals surface area (Å²) in [5, 5.41) is 1.22. The molecule has 1 atom stereocenters. The van der Waals surface area contributed by atoms with E-state index in [4.69, 9.17) is 14.3 Å². The molecule has 5 heteroatoms. The summed E-state index contributed by atoms with van der Waals surface area (Å²) in [5.74, 6) is 0. The molecule has 1 saturated heterocycles. The van der Waals surface area contributed by atoms with Crippen LogP contribution in [-0.4, -0.2) is 24.6 Å². The number of para-hydroxylation sites is 1. The summed E-state index contributed by atoms with van der Waals surface area (Å²) in [6, 6.07) is 7.55. The minimum atomic E-state index is -0.588. The van der Waals surface area contributed by atoms with Gasteiger partial charge >= 0.3 is 6.09 Å². The molecule has 22 heavy (non-hydrogen) atoms. The van der Waals surface area contributed by atoms with Gasteiger partial charge in [0, 0.05) is 13.0 Å². The van der Waals surface area contributed by atoms with Gasteiger partial charge in [-0.1, -0.05) is 18.2 Å². The second-order valence-electron chi connectivity index (χ2n) is 6.46. The zero-order valence-corrected chi connectivity index (χ0v) is 13.8. The zero-order chi connectivity index (χ0) is 16.2. The number of hydroxylamine groups is 1. The predicted molar refractivity (Wildman–Crippen MR) is 84.6 cm³/mol. The Kier molecular flexibility index (Phi) is 5.42. The van der Waals surface area contributed by atoms with Gasteiger partial charge in [-0.05, 0) is 52.2 Å². The average Bonchev–Trinajstić information content (AvgIpc) is 2.45. The van der Waals surface area contributed by atoms with Crippen LogP contribution < -0.4 is 5.06 Å². The van der Waals surface area contributed by atoms with Gasteiger partial charge < -0.3 is 9.47 Å². The number of rotatable bonds is 3. The van der Waals surface area contributed by atoms with E-state index in [0.29, 0.717) is 12.3 Å². The maximum atomic E-state index is 12.5. The highest BCUT2D eigenvalue weighted by molar-refractivity contribution is 5.86. The lowest BCUT2D eigenvalue weighted by Crippen LogP contribution is -2.41. The van der Waals surface area contributed by atoms with Crippen molar-refractivity contribution in [2.45, 2.75) is 58.8 Å². The van der Waals surface area contributed by atoms with Crippen molar-refractivity contribution in [3.05, 3.63) is 29.8 Å². The van der Waals surface area contributed by atoms with Gasteiger partial charge in [-0.3, -0.25) is 0 Å². The number of carbonyl (C=O) groups excluding carboxylic acids is 1. The second kappa shape index (κ2) is 7.11. The van der Waals surface area contributed by atoms with Gasteiger partial charge in [-0.15, -0.1) is 5.06 Å². The van der Waals surface area contributed by atoms with Crippen LogP contribution in [0.1, 0.15) is 45.6 Å². The van der Waals surface area contributed by atoms with Gasteiger partial charge in [0.25, 0.3) is 0 Å². The van der Waals surface area contributed by atoms with Crippen LogP contribution >= 0.6 is 0 Å². The largest absolute Gasteiger partial charge is 0.442 e. The molecule has 1 aromatic rings. The summed E-state index contributed by atoms with van der Waals surface area (Å²) in [6.07, 6.45) is 1.87. The molecule has 0 saturated carbocycles. The number of hydrogen-bond donors (Lipinski definition) is 0. The van der Waals surface area contributed by atoms with E-state index in [9.17, 15) is 4.79 Å². The molecule has 1 aliphatic heterocycles. The van der Waals surface area contributed by atoms with Gasteiger partial charge in [-0.25, -0.2) is 9.63 Å². The number of aryl methyl sites for hydroxylation is 1. The molecule has 0 aliphatic carbocycles. The molecule has 1 aromatic carbocycles. The van der Waals surface area contributed by atoms with Gasteiger partial charge in [0.15, 0.2) is 6.29 Å². The van der Waals surface area contributed by atoms with Crippen LogP contribution in [0.5, 0.6) is 0 Å². The van der Waals surface area contributed by atoms with E-state index in [2.05, 4.69) is 0 Å². The molecule has 0 spiro atoms. The van der Waals surface area contributed by atoms with Crippen molar-refractivity contribution < 1.29 is 19.1 Å². The topological polar surface area (TPSA) is 48.0 Å². The number of amides is 1. The van der Waals surface area contributed by atoms with Gasteiger partial charge in [0.05, 0.1) is 5.69 Å². The minimum Gasteiger partial charge on any atom is -0.442 e. The molecule has 1 amide bonds. The number of hydrogen-bond acceptors (Lipinski definition) is 4. The highest BCUT2D eigenvalue weighted by atomic mass is 16.8. The van der Waals surface area contributed by atoms with E-state index in [1.165, 1.54) is 5.06 Å². The number of benzene rings is 1. The van der Waals surface area contributed by atoms with Gasteiger partial charge in [-0.2, -0.15) is 0 Å². The fourth-order valence-corrected chi connectivity index (χ4v) is 2.20. The monoisotopic (exact) mass is 307 g/mol. The highest BCUT2D eigenvalue weighted by Crippen LogP contribution is 2.25. The van der Waals surface area contributed by atoms with Crippen LogP contribution in [0.3, 0.4) is 0 Å². The van der Waals surface area contributed by atoms with Crippen molar-refractivity contribution in [1.29, 1.82) is 0 Å². The third-order valence-electron chi connectivity index (χ3n) is 3.25. The minimum absolute atomic E-state index is 0.416. The highest BCUT2D eigenvalue weighted by Gasteiger charge is 2.29. The number of carbonyl (C=O) groups is 1. The summed E-state index contributed by atoms with van der Waals surface area (Å²) in [6.45, 7) is 8.08. The molecule has 0 N–H and O–H groups in total. The lowest BCUT2D eigenvalue weighted by Gasteiger charge is -2.31. The SMILES string of the molecule is Cc1ccccc1N(OC1CCCCO1)C(=O)OC(C)(C)C. The Balaban J connectivity index is 2.20. The molecule has 1 heterocycles. The van der Waals surface area contributed by atoms with E-state index < -0.39 is 18.0 Å². The van der Waals surface area contributed by atoms with Crippen molar-refractivity contribution in [2.75, 3.05) is 11.7 Å². The lowest BCUT2D eigenvalue weighted by atomic mass is 10.2. The predicted octanol–water partition coefficient (Wildman–Crippen LogP) is 4.19. The van der Waals surface area contributed by atoms with Crippen molar-refractivity contribution in [3.8, 4) is 0 Å². The van der Waals surface area contributed by atoms with Crippen molar-refractivity contribution in [2.24, 2.45) is 0 Å². The Hall–Kier alpha value is -1.59. The fourth-order valence-electron chi connectivity index (χ4n) is 2.20. The van der Waals surface area contributed by atoms with Crippen molar-refractivity contribution in [3.63, 3.8) is 0 Å². The van der Waals surface area contributed by atoms with Crippen molar-refractivity contribution >= 4 is 11.8 Å². The first-order valence-corrected chi connectivity index (χ1v) is 7.74. The Morgan fingerprint density at radius 2 is 2.00 bits per heavy atom. The third-order valence-corrected chi connectivity index (χ3v) is 3.25. The molecule has 1 fully saturated rings. The Morgan fingerprint density at radius 3 is 2.59 bits per heavy atom. The summed E-state index contributed by atoms with van der Waals surface area (Å²) >= 11 is 0. The molecule has 1 aliphatic rings. The Labute approximate surface area is 132 Å². The number of nitrogens with zero attached hydrogens (tertiary/aromatic N) is 1. The lowest BCUT2D eigenvalue weighted by molar-refractivity contribution is -0.167. The molecule has 5 nitrogen and oxygen atoms in total. The van der Waals surface area contributed by atoms with E-state index in [0.717, 1.165) is 24.8 Å². The molecule has 122 valence electrons. The Bertz CT molecular complexity index is 504. The summed E-state index contributed by atoms with van der Waals surface area (Å²) in [4.78, 5) is 18.3. The quantitative estimate of drug-likeness (QED) is 0.785. The first-order chi connectivity index (χ1) is 10.4. The van der Waals surface area contributed by atoms with Crippen LogP contribution in [0.4, 0.5) is 10.5 Å². The molecular formula is C17H25NO4. The van der Waals surface area contributed by atoms with Crippen LogP contribution in [0.2, 0.25) is 0 Å². The second-order valence-corrected chi connectivity index (χ2v) is 6.46. The smallest absolute Gasteiger partial charge is 0.439 e. The van der Waals surface area contributed by atoms with Gasteiger partial charge in [0.1, 0.15) is 5.60 Å². The first-order valence-electron chi connectivity index (χ1n) is 7.74. The Morgan fingerprint density at radius 1 is 1.27 bits per heavy atom. The standard InChI is InChI=1S/C17H25NO4/c1-13-9-5-6-10-14(13)18(16(19)21-17(2,3)4)22-15-11-7-8-12-20-15/h5-6,9-10,15H,7-8,11-12H2,1-4H3. The average molecular weight is 307 g/mol. The fraction of sp³-hybridized carbons (Fsp3) is 0.588. The maximum absolute atomic E-state index is 12.5. The van der Waals surface area contributed by atoms with E-state index >= 15 is 0 Å². The van der Waals surface area contributed by atoms with Crippen LogP contribution in [0, 0.1) is 6.92 Å². The summed E-state index contributed by atoms with van der Waals surface area (Å²) in [7, 11) is 0. The van der Waals surface area contributed by atoms with E-state index in [-0.39, 0.29) is 0 Å². The molecule has 0 aromatic heterocycles. The van der Waals surface area contributed by atoms with E-state index in [1.54, 1.807) is 0 Å². The summed E-state index contributed by atoms with van der Waals surface area (Å²) in [5.41, 5.74) is 1.02. The molecule has 0 radical (unpaired) electrons. The third kappa shape index (κ3) is 4.71. The molecule has 2 rings (SSSR count). The van der Waals surface area contributed by atoms with Crippen molar-refractivity contribution in [1.82, 2.24) is 0 Å². The molecule has 0 bridgehead atoms. The van der Waals surface area contributed by atoms with Crippen LogP contribution in [0.25, 0.3) is 0 Å². The van der Waals surface area contributed by atoms with Gasteiger partial charge in [0.2, 0.25) is 0 Å².